The molecule has 15 heavy (non-hydrogen) atoms. The molecule has 1 saturated carbocycles. The summed E-state index contributed by atoms with van der Waals surface area (Å²) in [6, 6.07) is 0. The molecule has 1 aliphatic heterocycles. The number of likely N-dealkylation sites (tertiary alicyclic amines) is 1. The molecule has 0 aromatic heterocycles. The van der Waals surface area contributed by atoms with E-state index in [-0.39, 0.29) is 5.41 Å². The Balaban J connectivity index is 1.86. The topological polar surface area (TPSA) is 23.5 Å². The van der Waals surface area contributed by atoms with Gasteiger partial charge >= 0.3 is 0 Å². The first-order valence-corrected chi connectivity index (χ1v) is 6.50. The summed E-state index contributed by atoms with van der Waals surface area (Å²) in [6.45, 7) is 8.40. The van der Waals surface area contributed by atoms with E-state index in [2.05, 4.69) is 18.7 Å². The van der Waals surface area contributed by atoms with Crippen LogP contribution in [0.1, 0.15) is 39.5 Å². The van der Waals surface area contributed by atoms with Gasteiger partial charge in [-0.25, -0.2) is 0 Å². The van der Waals surface area contributed by atoms with Crippen LogP contribution in [0.3, 0.4) is 0 Å². The van der Waals surface area contributed by atoms with Crippen LogP contribution in [0.5, 0.6) is 0 Å². The average Bonchev–Trinajstić information content (AvgIpc) is 2.77. The molecule has 2 aliphatic rings. The molecule has 1 saturated heterocycles. The number of aliphatic hydroxyl groups excluding tert-OH is 1. The smallest absolute Gasteiger partial charge is 0.0496 e. The molecule has 2 heteroatoms. The number of hydrogen-bond donors (Lipinski definition) is 1. The Morgan fingerprint density at radius 3 is 2.33 bits per heavy atom. The number of aliphatic hydroxyl groups is 1. The van der Waals surface area contributed by atoms with Gasteiger partial charge in [0.15, 0.2) is 0 Å². The maximum Gasteiger partial charge on any atom is 0.0496 e. The molecule has 2 rings (SSSR count). The quantitative estimate of drug-likeness (QED) is 0.770. The van der Waals surface area contributed by atoms with Crippen LogP contribution < -0.4 is 0 Å². The zero-order valence-corrected chi connectivity index (χ0v) is 10.2. The van der Waals surface area contributed by atoms with Crippen LogP contribution in [0, 0.1) is 17.3 Å². The first-order valence-electron chi connectivity index (χ1n) is 6.50. The highest BCUT2D eigenvalue weighted by Crippen LogP contribution is 2.38. The van der Waals surface area contributed by atoms with Crippen LogP contribution >= 0.6 is 0 Å². The van der Waals surface area contributed by atoms with E-state index in [0.717, 1.165) is 24.8 Å². The van der Waals surface area contributed by atoms with Gasteiger partial charge in [0.05, 0.1) is 0 Å². The molecule has 2 nitrogen and oxygen atoms in total. The van der Waals surface area contributed by atoms with Crippen molar-refractivity contribution < 1.29 is 5.11 Å². The van der Waals surface area contributed by atoms with Crippen LogP contribution in [-0.4, -0.2) is 36.2 Å². The van der Waals surface area contributed by atoms with E-state index >= 15 is 0 Å². The Bertz CT molecular complexity index is 201. The third-order valence-electron chi connectivity index (χ3n) is 4.64. The van der Waals surface area contributed by atoms with E-state index in [0.29, 0.717) is 6.61 Å². The Kier molecular flexibility index (Phi) is 3.36. The summed E-state index contributed by atoms with van der Waals surface area (Å²) in [4.78, 5) is 2.59. The van der Waals surface area contributed by atoms with Crippen molar-refractivity contribution in [2.45, 2.75) is 39.5 Å². The second-order valence-corrected chi connectivity index (χ2v) is 5.97. The van der Waals surface area contributed by atoms with Gasteiger partial charge in [-0.3, -0.25) is 0 Å². The molecule has 3 atom stereocenters. The molecule has 1 N–H and O–H groups in total. The minimum atomic E-state index is 0.124. The van der Waals surface area contributed by atoms with E-state index in [1.165, 1.54) is 32.4 Å². The fraction of sp³-hybridized carbons (Fsp3) is 1.00. The summed E-state index contributed by atoms with van der Waals surface area (Å²) < 4.78 is 0. The summed E-state index contributed by atoms with van der Waals surface area (Å²) in [5, 5.41) is 9.42. The zero-order valence-electron chi connectivity index (χ0n) is 10.2. The van der Waals surface area contributed by atoms with Gasteiger partial charge in [-0.05, 0) is 31.1 Å². The SMILES string of the molecule is CCC(C)(CO)CN1CC2CCCC2C1. The van der Waals surface area contributed by atoms with Gasteiger partial charge < -0.3 is 10.0 Å². The highest BCUT2D eigenvalue weighted by molar-refractivity contribution is 4.90. The number of hydrogen-bond acceptors (Lipinski definition) is 2. The van der Waals surface area contributed by atoms with E-state index in [4.69, 9.17) is 0 Å². The number of nitrogens with zero attached hydrogens (tertiary/aromatic N) is 1. The van der Waals surface area contributed by atoms with Crippen molar-refractivity contribution in [2.75, 3.05) is 26.2 Å². The normalized spacial score (nSPS) is 35.4. The lowest BCUT2D eigenvalue weighted by Crippen LogP contribution is -2.37. The van der Waals surface area contributed by atoms with Gasteiger partial charge in [0, 0.05) is 31.7 Å². The van der Waals surface area contributed by atoms with Gasteiger partial charge in [-0.2, -0.15) is 0 Å². The Morgan fingerprint density at radius 1 is 1.27 bits per heavy atom. The molecular weight excluding hydrogens is 186 g/mol. The van der Waals surface area contributed by atoms with Gasteiger partial charge in [-0.15, -0.1) is 0 Å². The predicted octanol–water partition coefficient (Wildman–Crippen LogP) is 2.13. The van der Waals surface area contributed by atoms with E-state index in [9.17, 15) is 5.11 Å². The molecule has 0 spiro atoms. The van der Waals surface area contributed by atoms with Gasteiger partial charge in [0.2, 0.25) is 0 Å². The van der Waals surface area contributed by atoms with Crippen LogP contribution in [0.15, 0.2) is 0 Å². The van der Waals surface area contributed by atoms with Crippen LogP contribution in [0.4, 0.5) is 0 Å². The molecule has 2 fully saturated rings. The van der Waals surface area contributed by atoms with Crippen molar-refractivity contribution in [1.82, 2.24) is 4.90 Å². The van der Waals surface area contributed by atoms with Crippen molar-refractivity contribution >= 4 is 0 Å². The highest BCUT2D eigenvalue weighted by atomic mass is 16.3. The Hall–Kier alpha value is -0.0800. The second-order valence-electron chi connectivity index (χ2n) is 5.97. The fourth-order valence-corrected chi connectivity index (χ4v) is 3.27. The lowest BCUT2D eigenvalue weighted by atomic mass is 9.88. The summed E-state index contributed by atoms with van der Waals surface area (Å²) in [6.07, 6.45) is 5.43. The molecule has 0 aromatic carbocycles. The Morgan fingerprint density at radius 2 is 1.87 bits per heavy atom. The third kappa shape index (κ3) is 2.36. The average molecular weight is 211 g/mol. The lowest BCUT2D eigenvalue weighted by Gasteiger charge is -2.31. The van der Waals surface area contributed by atoms with Gasteiger partial charge in [-0.1, -0.05) is 20.3 Å². The molecule has 0 amide bonds. The predicted molar refractivity (Wildman–Crippen MR) is 62.8 cm³/mol. The summed E-state index contributed by atoms with van der Waals surface area (Å²) in [7, 11) is 0. The molecule has 88 valence electrons. The molecule has 1 aliphatic carbocycles. The first-order chi connectivity index (χ1) is 7.17. The maximum atomic E-state index is 9.42. The minimum Gasteiger partial charge on any atom is -0.396 e. The molecule has 0 aromatic rings. The standard InChI is InChI=1S/C13H25NO/c1-3-13(2,10-15)9-14-7-11-5-4-6-12(11)8-14/h11-12,15H,3-10H2,1-2H3. The monoisotopic (exact) mass is 211 g/mol. The maximum absolute atomic E-state index is 9.42. The van der Waals surface area contributed by atoms with Crippen molar-refractivity contribution in [3.63, 3.8) is 0 Å². The van der Waals surface area contributed by atoms with Crippen molar-refractivity contribution in [3.8, 4) is 0 Å². The van der Waals surface area contributed by atoms with Crippen molar-refractivity contribution in [2.24, 2.45) is 17.3 Å². The molecule has 0 bridgehead atoms. The second kappa shape index (κ2) is 4.42. The number of rotatable bonds is 4. The van der Waals surface area contributed by atoms with Crippen LogP contribution in [0.2, 0.25) is 0 Å². The molecular formula is C13H25NO. The molecule has 0 radical (unpaired) electrons. The van der Waals surface area contributed by atoms with E-state index in [1.54, 1.807) is 0 Å². The van der Waals surface area contributed by atoms with E-state index in [1.807, 2.05) is 0 Å². The van der Waals surface area contributed by atoms with Crippen LogP contribution in [0.25, 0.3) is 0 Å². The first kappa shape index (κ1) is 11.4. The van der Waals surface area contributed by atoms with E-state index < -0.39 is 0 Å². The zero-order chi connectivity index (χ0) is 10.9. The minimum absolute atomic E-state index is 0.124. The summed E-state index contributed by atoms with van der Waals surface area (Å²) in [5.74, 6) is 1.95. The molecule has 3 unspecified atom stereocenters. The van der Waals surface area contributed by atoms with Crippen LogP contribution in [-0.2, 0) is 0 Å². The summed E-state index contributed by atoms with van der Waals surface area (Å²) in [5.41, 5.74) is 0.124. The molecule has 1 heterocycles. The lowest BCUT2D eigenvalue weighted by molar-refractivity contribution is 0.0915. The number of fused-ring (bicyclic) bond motifs is 1. The fourth-order valence-electron chi connectivity index (χ4n) is 3.27. The van der Waals surface area contributed by atoms with Gasteiger partial charge in [0.25, 0.3) is 0 Å². The highest BCUT2D eigenvalue weighted by Gasteiger charge is 2.38. The van der Waals surface area contributed by atoms with Crippen molar-refractivity contribution in [3.05, 3.63) is 0 Å². The van der Waals surface area contributed by atoms with Gasteiger partial charge in [0.1, 0.15) is 0 Å². The largest absolute Gasteiger partial charge is 0.396 e. The van der Waals surface area contributed by atoms with Crippen molar-refractivity contribution in [1.29, 1.82) is 0 Å². The Labute approximate surface area is 93.7 Å². The summed E-state index contributed by atoms with van der Waals surface area (Å²) >= 11 is 0. The third-order valence-corrected chi connectivity index (χ3v) is 4.64.